The number of aryl methyl sites for hydroxylation is 1. The van der Waals surface area contributed by atoms with Crippen molar-refractivity contribution in [2.24, 2.45) is 0 Å². The first kappa shape index (κ1) is 9.86. The van der Waals surface area contributed by atoms with Crippen LogP contribution in [-0.2, 0) is 6.42 Å². The zero-order valence-corrected chi connectivity index (χ0v) is 8.38. The van der Waals surface area contributed by atoms with Crippen molar-refractivity contribution >= 4 is 0 Å². The molecule has 0 nitrogen and oxygen atoms in total. The van der Waals surface area contributed by atoms with Gasteiger partial charge in [0.1, 0.15) is 0 Å². The highest BCUT2D eigenvalue weighted by atomic mass is 14.0. The monoisotopic (exact) mass is 172 g/mol. The van der Waals surface area contributed by atoms with Crippen molar-refractivity contribution in [2.75, 3.05) is 0 Å². The maximum absolute atomic E-state index is 5.20. The lowest BCUT2D eigenvalue weighted by Crippen LogP contribution is -1.88. The zero-order chi connectivity index (χ0) is 9.68. The van der Waals surface area contributed by atoms with Crippen molar-refractivity contribution in [2.45, 2.75) is 32.6 Å². The molecule has 0 amide bonds. The third-order valence-electron chi connectivity index (χ3n) is 2.20. The van der Waals surface area contributed by atoms with Crippen LogP contribution < -0.4 is 0 Å². The first-order valence-corrected chi connectivity index (χ1v) is 4.76. The number of hydrogen-bond donors (Lipinski definition) is 0. The van der Waals surface area contributed by atoms with Gasteiger partial charge in [-0.1, -0.05) is 38.1 Å². The Morgan fingerprint density at radius 3 is 2.31 bits per heavy atom. The van der Waals surface area contributed by atoms with Crippen molar-refractivity contribution < 1.29 is 0 Å². The van der Waals surface area contributed by atoms with Crippen LogP contribution in [0.15, 0.2) is 24.3 Å². The Morgan fingerprint density at radius 1 is 1.23 bits per heavy atom. The van der Waals surface area contributed by atoms with Crippen LogP contribution in [0.5, 0.6) is 0 Å². The van der Waals surface area contributed by atoms with Gasteiger partial charge in [-0.3, -0.25) is 0 Å². The lowest BCUT2D eigenvalue weighted by Gasteiger charge is -2.05. The molecule has 0 fully saturated rings. The average Bonchev–Trinajstić information content (AvgIpc) is 2.15. The molecule has 0 atom stereocenters. The van der Waals surface area contributed by atoms with Gasteiger partial charge in [-0.2, -0.15) is 0 Å². The van der Waals surface area contributed by atoms with Gasteiger partial charge in [0.05, 0.1) is 0 Å². The molecule has 0 radical (unpaired) electrons. The molecule has 0 aliphatic heterocycles. The van der Waals surface area contributed by atoms with Gasteiger partial charge in [0.2, 0.25) is 0 Å². The van der Waals surface area contributed by atoms with Crippen LogP contribution in [0.2, 0.25) is 0 Å². The second-order valence-electron chi connectivity index (χ2n) is 3.60. The van der Waals surface area contributed by atoms with E-state index >= 15 is 0 Å². The molecule has 1 aromatic rings. The summed E-state index contributed by atoms with van der Waals surface area (Å²) in [5.41, 5.74) is 2.73. The van der Waals surface area contributed by atoms with E-state index in [0.29, 0.717) is 5.92 Å². The fourth-order valence-electron chi connectivity index (χ4n) is 1.29. The highest BCUT2D eigenvalue weighted by Gasteiger charge is 1.97. The van der Waals surface area contributed by atoms with Crippen molar-refractivity contribution in [3.8, 4) is 12.3 Å². The number of hydrogen-bond acceptors (Lipinski definition) is 0. The average molecular weight is 172 g/mol. The maximum atomic E-state index is 5.20. The van der Waals surface area contributed by atoms with Crippen LogP contribution in [0.25, 0.3) is 0 Å². The molecule has 1 rings (SSSR count). The van der Waals surface area contributed by atoms with E-state index in [4.69, 9.17) is 6.42 Å². The third kappa shape index (κ3) is 2.95. The summed E-state index contributed by atoms with van der Waals surface area (Å²) < 4.78 is 0. The standard InChI is InChI=1S/C13H16/c1-4-5-6-12-7-9-13(10-8-12)11(2)3/h1,7-11H,5-6H2,2-3H3. The summed E-state index contributed by atoms with van der Waals surface area (Å²) in [5, 5.41) is 0. The smallest absolute Gasteiger partial charge is 0.0127 e. The summed E-state index contributed by atoms with van der Waals surface area (Å²) in [6, 6.07) is 8.73. The first-order valence-electron chi connectivity index (χ1n) is 4.76. The van der Waals surface area contributed by atoms with Crippen molar-refractivity contribution in [1.29, 1.82) is 0 Å². The first-order chi connectivity index (χ1) is 6.24. The molecule has 68 valence electrons. The van der Waals surface area contributed by atoms with Gasteiger partial charge < -0.3 is 0 Å². The van der Waals surface area contributed by atoms with E-state index in [0.717, 1.165) is 12.8 Å². The molecular formula is C13H16. The van der Waals surface area contributed by atoms with Gasteiger partial charge >= 0.3 is 0 Å². The molecule has 0 bridgehead atoms. The van der Waals surface area contributed by atoms with Crippen molar-refractivity contribution in [3.63, 3.8) is 0 Å². The van der Waals surface area contributed by atoms with Crippen LogP contribution in [0.4, 0.5) is 0 Å². The molecule has 13 heavy (non-hydrogen) atoms. The Hall–Kier alpha value is -1.22. The Bertz CT molecular complexity index is 285. The van der Waals surface area contributed by atoms with E-state index in [1.54, 1.807) is 0 Å². The molecule has 1 aromatic carbocycles. The van der Waals surface area contributed by atoms with E-state index in [9.17, 15) is 0 Å². The Morgan fingerprint density at radius 2 is 1.85 bits per heavy atom. The summed E-state index contributed by atoms with van der Waals surface area (Å²) in [5.74, 6) is 3.27. The number of terminal acetylenes is 1. The Balaban J connectivity index is 2.65. The fraction of sp³-hybridized carbons (Fsp3) is 0.385. The van der Waals surface area contributed by atoms with Crippen LogP contribution in [-0.4, -0.2) is 0 Å². The van der Waals surface area contributed by atoms with Crippen LogP contribution in [0, 0.1) is 12.3 Å². The molecule has 0 saturated carbocycles. The molecule has 0 saturated heterocycles. The van der Waals surface area contributed by atoms with Gasteiger partial charge in [0.25, 0.3) is 0 Å². The highest BCUT2D eigenvalue weighted by molar-refractivity contribution is 5.25. The highest BCUT2D eigenvalue weighted by Crippen LogP contribution is 2.15. The summed E-state index contributed by atoms with van der Waals surface area (Å²) in [6.07, 6.45) is 7.03. The Labute approximate surface area is 81.0 Å². The summed E-state index contributed by atoms with van der Waals surface area (Å²) >= 11 is 0. The van der Waals surface area contributed by atoms with Gasteiger partial charge in [-0.25, -0.2) is 0 Å². The topological polar surface area (TPSA) is 0 Å². The quantitative estimate of drug-likeness (QED) is 0.613. The minimum atomic E-state index is 0.613. The van der Waals surface area contributed by atoms with E-state index in [1.165, 1.54) is 11.1 Å². The predicted molar refractivity (Wildman–Crippen MR) is 57.7 cm³/mol. The molecule has 0 aromatic heterocycles. The molecule has 0 aliphatic rings. The summed E-state index contributed by atoms with van der Waals surface area (Å²) in [6.45, 7) is 4.41. The van der Waals surface area contributed by atoms with E-state index in [-0.39, 0.29) is 0 Å². The van der Waals surface area contributed by atoms with Crippen LogP contribution in [0.3, 0.4) is 0 Å². The van der Waals surface area contributed by atoms with Crippen molar-refractivity contribution in [1.82, 2.24) is 0 Å². The minimum absolute atomic E-state index is 0.613. The van der Waals surface area contributed by atoms with E-state index < -0.39 is 0 Å². The molecule has 0 unspecified atom stereocenters. The van der Waals surface area contributed by atoms with Gasteiger partial charge in [0.15, 0.2) is 0 Å². The van der Waals surface area contributed by atoms with Crippen LogP contribution >= 0.6 is 0 Å². The Kier molecular flexibility index (Phi) is 3.58. The lowest BCUT2D eigenvalue weighted by atomic mass is 10.0. The second-order valence-corrected chi connectivity index (χ2v) is 3.60. The minimum Gasteiger partial charge on any atom is -0.120 e. The van der Waals surface area contributed by atoms with Crippen LogP contribution in [0.1, 0.15) is 37.3 Å². The molecular weight excluding hydrogens is 156 g/mol. The normalized spacial score (nSPS) is 10.0. The molecule has 0 aliphatic carbocycles. The number of rotatable bonds is 3. The summed E-state index contributed by atoms with van der Waals surface area (Å²) in [4.78, 5) is 0. The predicted octanol–water partition coefficient (Wildman–Crippen LogP) is 3.38. The zero-order valence-electron chi connectivity index (χ0n) is 8.38. The second kappa shape index (κ2) is 4.72. The fourth-order valence-corrected chi connectivity index (χ4v) is 1.29. The van der Waals surface area contributed by atoms with Gasteiger partial charge in [-0.15, -0.1) is 12.3 Å². The third-order valence-corrected chi connectivity index (χ3v) is 2.20. The van der Waals surface area contributed by atoms with E-state index in [2.05, 4.69) is 44.0 Å². The number of benzene rings is 1. The van der Waals surface area contributed by atoms with Crippen molar-refractivity contribution in [3.05, 3.63) is 35.4 Å². The SMILES string of the molecule is C#CCCc1ccc(C(C)C)cc1. The molecule has 0 N–H and O–H groups in total. The lowest BCUT2D eigenvalue weighted by molar-refractivity contribution is 0.864. The molecule has 0 heteroatoms. The largest absolute Gasteiger partial charge is 0.120 e. The summed E-state index contributed by atoms with van der Waals surface area (Å²) in [7, 11) is 0. The van der Waals surface area contributed by atoms with E-state index in [1.807, 2.05) is 0 Å². The molecule has 0 heterocycles. The molecule has 0 spiro atoms. The van der Waals surface area contributed by atoms with Gasteiger partial charge in [0, 0.05) is 6.42 Å². The maximum Gasteiger partial charge on any atom is 0.0127 e. The van der Waals surface area contributed by atoms with Gasteiger partial charge in [-0.05, 0) is 23.5 Å².